The van der Waals surface area contributed by atoms with Crippen LogP contribution in [0.15, 0.2) is 30.3 Å². The Morgan fingerprint density at radius 3 is 2.52 bits per heavy atom. The summed E-state index contributed by atoms with van der Waals surface area (Å²) in [5, 5.41) is 1.12. The fourth-order valence-corrected chi connectivity index (χ4v) is 3.21. The molecule has 3 rings (SSSR count). The van der Waals surface area contributed by atoms with Crippen LogP contribution in [0.3, 0.4) is 0 Å². The highest BCUT2D eigenvalue weighted by Crippen LogP contribution is 2.37. The van der Waals surface area contributed by atoms with Gasteiger partial charge in [-0.3, -0.25) is 0 Å². The number of rotatable bonds is 1. The van der Waals surface area contributed by atoms with E-state index in [2.05, 4.69) is 12.1 Å². The first-order valence-corrected chi connectivity index (χ1v) is 7.79. The highest BCUT2D eigenvalue weighted by Gasteiger charge is 2.27. The second-order valence-electron chi connectivity index (χ2n) is 6.93. The molecule has 0 spiro atoms. The number of hydrogen-bond acceptors (Lipinski definition) is 2. The number of fused-ring (bicyclic) bond motifs is 1. The molecular weight excluding hydrogens is 262 g/mol. The monoisotopic (exact) mass is 285 g/mol. The molecule has 0 unspecified atom stereocenters. The van der Waals surface area contributed by atoms with E-state index in [1.54, 1.807) is 4.57 Å². The zero-order valence-electron chi connectivity index (χ0n) is 13.1. The first-order chi connectivity index (χ1) is 9.96. The lowest BCUT2D eigenvalue weighted by atomic mass is 10.0. The Balaban J connectivity index is 2.09. The fraction of sp³-hybridized carbons (Fsp3) is 0.500. The first-order valence-electron chi connectivity index (χ1n) is 7.79. The molecule has 3 nitrogen and oxygen atoms in total. The Bertz CT molecular complexity index is 657. The van der Waals surface area contributed by atoms with Crippen molar-refractivity contribution in [2.24, 2.45) is 0 Å². The lowest BCUT2D eigenvalue weighted by molar-refractivity contribution is 0.0538. The van der Waals surface area contributed by atoms with Crippen LogP contribution in [0.1, 0.15) is 58.1 Å². The summed E-state index contributed by atoms with van der Waals surface area (Å²) in [6.07, 6.45) is 4.57. The Morgan fingerprint density at radius 1 is 1.19 bits per heavy atom. The average molecular weight is 285 g/mol. The van der Waals surface area contributed by atoms with Crippen molar-refractivity contribution in [3.05, 3.63) is 36.0 Å². The number of para-hydroxylation sites is 1. The van der Waals surface area contributed by atoms with E-state index in [0.29, 0.717) is 5.92 Å². The zero-order chi connectivity index (χ0) is 15.0. The molecule has 1 fully saturated rings. The van der Waals surface area contributed by atoms with Gasteiger partial charge in [-0.15, -0.1) is 0 Å². The van der Waals surface area contributed by atoms with Gasteiger partial charge in [-0.25, -0.2) is 9.36 Å². The normalized spacial score (nSPS) is 16.5. The summed E-state index contributed by atoms with van der Waals surface area (Å²) in [5.41, 5.74) is 1.59. The van der Waals surface area contributed by atoms with Crippen LogP contribution in [-0.2, 0) is 4.74 Å². The number of nitrogens with zero attached hydrogens (tertiary/aromatic N) is 1. The molecule has 1 aromatic carbocycles. The molecule has 1 saturated carbocycles. The molecule has 1 aliphatic rings. The lowest BCUT2D eigenvalue weighted by Gasteiger charge is -2.22. The molecule has 0 saturated heterocycles. The van der Waals surface area contributed by atoms with Gasteiger partial charge >= 0.3 is 6.09 Å². The van der Waals surface area contributed by atoms with Gasteiger partial charge in [0.2, 0.25) is 0 Å². The molecule has 112 valence electrons. The van der Waals surface area contributed by atoms with Crippen LogP contribution in [0.2, 0.25) is 0 Å². The third-order valence-electron chi connectivity index (χ3n) is 4.09. The topological polar surface area (TPSA) is 31.2 Å². The molecule has 21 heavy (non-hydrogen) atoms. The van der Waals surface area contributed by atoms with Gasteiger partial charge in [0.1, 0.15) is 5.60 Å². The third-order valence-corrected chi connectivity index (χ3v) is 4.09. The maximum Gasteiger partial charge on any atom is 0.419 e. The molecule has 0 aliphatic heterocycles. The van der Waals surface area contributed by atoms with E-state index in [0.717, 1.165) is 16.6 Å². The minimum Gasteiger partial charge on any atom is -0.443 e. The van der Waals surface area contributed by atoms with Crippen molar-refractivity contribution in [1.29, 1.82) is 0 Å². The fourth-order valence-electron chi connectivity index (χ4n) is 3.21. The van der Waals surface area contributed by atoms with Gasteiger partial charge in [-0.05, 0) is 51.7 Å². The number of hydrogen-bond donors (Lipinski definition) is 0. The van der Waals surface area contributed by atoms with Crippen molar-refractivity contribution < 1.29 is 9.53 Å². The summed E-state index contributed by atoms with van der Waals surface area (Å²) in [4.78, 5) is 12.7. The van der Waals surface area contributed by atoms with E-state index in [4.69, 9.17) is 4.74 Å². The second kappa shape index (κ2) is 5.21. The van der Waals surface area contributed by atoms with Crippen molar-refractivity contribution in [3.63, 3.8) is 0 Å². The van der Waals surface area contributed by atoms with Crippen LogP contribution in [0.4, 0.5) is 4.79 Å². The molecule has 1 heterocycles. The van der Waals surface area contributed by atoms with Gasteiger partial charge in [0.15, 0.2) is 0 Å². The number of aromatic nitrogens is 1. The number of carbonyl (C=O) groups excluding carboxylic acids is 1. The van der Waals surface area contributed by atoms with Crippen molar-refractivity contribution >= 4 is 17.0 Å². The largest absolute Gasteiger partial charge is 0.443 e. The first kappa shape index (κ1) is 14.2. The minimum absolute atomic E-state index is 0.259. The molecular formula is C18H23NO2. The van der Waals surface area contributed by atoms with Crippen LogP contribution in [0.25, 0.3) is 10.9 Å². The third kappa shape index (κ3) is 2.82. The van der Waals surface area contributed by atoms with E-state index in [9.17, 15) is 4.79 Å². The Kier molecular flexibility index (Phi) is 3.52. The maximum absolute atomic E-state index is 12.7. The molecule has 2 aromatic rings. The number of benzene rings is 1. The predicted octanol–water partition coefficient (Wildman–Crippen LogP) is 5.08. The zero-order valence-corrected chi connectivity index (χ0v) is 13.1. The summed E-state index contributed by atoms with van der Waals surface area (Å²) in [5.74, 6) is 0.477. The second-order valence-corrected chi connectivity index (χ2v) is 6.93. The van der Waals surface area contributed by atoms with Crippen LogP contribution in [0.5, 0.6) is 0 Å². The van der Waals surface area contributed by atoms with E-state index < -0.39 is 5.60 Å². The standard InChI is InChI=1S/C18H23NO2/c1-18(2,3)21-17(20)19-15-11-7-6-10-14(15)12-16(19)13-8-4-5-9-13/h6-7,10-13H,4-5,8-9H2,1-3H3. The van der Waals surface area contributed by atoms with E-state index in [1.807, 2.05) is 39.0 Å². The summed E-state index contributed by atoms with van der Waals surface area (Å²) in [7, 11) is 0. The molecule has 3 heteroatoms. The van der Waals surface area contributed by atoms with Gasteiger partial charge in [-0.2, -0.15) is 0 Å². The van der Waals surface area contributed by atoms with E-state index in [-0.39, 0.29) is 6.09 Å². The van der Waals surface area contributed by atoms with Gasteiger partial charge in [0, 0.05) is 11.1 Å². The summed E-state index contributed by atoms with van der Waals surface area (Å²) < 4.78 is 7.40. The number of carbonyl (C=O) groups is 1. The van der Waals surface area contributed by atoms with Gasteiger partial charge in [-0.1, -0.05) is 31.0 Å². The van der Waals surface area contributed by atoms with Crippen molar-refractivity contribution in [3.8, 4) is 0 Å². The van der Waals surface area contributed by atoms with Crippen molar-refractivity contribution in [1.82, 2.24) is 4.57 Å². The smallest absolute Gasteiger partial charge is 0.419 e. The van der Waals surface area contributed by atoms with Gasteiger partial charge in [0.25, 0.3) is 0 Å². The molecule has 0 amide bonds. The molecule has 0 N–H and O–H groups in total. The summed E-state index contributed by atoms with van der Waals surface area (Å²) >= 11 is 0. The van der Waals surface area contributed by atoms with E-state index >= 15 is 0 Å². The lowest BCUT2D eigenvalue weighted by Crippen LogP contribution is -2.28. The van der Waals surface area contributed by atoms with Crippen LogP contribution in [0, 0.1) is 0 Å². The summed E-state index contributed by atoms with van der Waals surface area (Å²) in [6, 6.07) is 10.2. The minimum atomic E-state index is -0.477. The Hall–Kier alpha value is -1.77. The summed E-state index contributed by atoms with van der Waals surface area (Å²) in [6.45, 7) is 5.73. The molecule has 0 radical (unpaired) electrons. The molecule has 1 aliphatic carbocycles. The average Bonchev–Trinajstić information content (AvgIpc) is 3.03. The maximum atomic E-state index is 12.7. The number of ether oxygens (including phenoxy) is 1. The molecule has 1 aromatic heterocycles. The van der Waals surface area contributed by atoms with Crippen LogP contribution < -0.4 is 0 Å². The molecule has 0 bridgehead atoms. The van der Waals surface area contributed by atoms with Crippen LogP contribution >= 0.6 is 0 Å². The Labute approximate surface area is 125 Å². The molecule has 0 atom stereocenters. The van der Waals surface area contributed by atoms with E-state index in [1.165, 1.54) is 25.7 Å². The quantitative estimate of drug-likeness (QED) is 0.731. The SMILES string of the molecule is CC(C)(C)OC(=O)n1c(C2CCCC2)cc2ccccc21. The van der Waals surface area contributed by atoms with Gasteiger partial charge in [0.05, 0.1) is 5.52 Å². The highest BCUT2D eigenvalue weighted by molar-refractivity contribution is 5.91. The predicted molar refractivity (Wildman–Crippen MR) is 84.8 cm³/mol. The van der Waals surface area contributed by atoms with Gasteiger partial charge < -0.3 is 4.74 Å². The van der Waals surface area contributed by atoms with Crippen molar-refractivity contribution in [2.45, 2.75) is 58.0 Å². The van der Waals surface area contributed by atoms with Crippen molar-refractivity contribution in [2.75, 3.05) is 0 Å². The van der Waals surface area contributed by atoms with Crippen LogP contribution in [-0.4, -0.2) is 16.3 Å². The Morgan fingerprint density at radius 2 is 1.86 bits per heavy atom. The highest BCUT2D eigenvalue weighted by atomic mass is 16.6.